The van der Waals surface area contributed by atoms with Crippen molar-refractivity contribution < 1.29 is 14.3 Å². The van der Waals surface area contributed by atoms with Gasteiger partial charge in [0.2, 0.25) is 5.91 Å². The van der Waals surface area contributed by atoms with E-state index in [1.165, 1.54) is 11.3 Å². The van der Waals surface area contributed by atoms with E-state index in [0.29, 0.717) is 17.2 Å². The van der Waals surface area contributed by atoms with E-state index in [9.17, 15) is 4.79 Å². The minimum Gasteiger partial charge on any atom is -0.497 e. The van der Waals surface area contributed by atoms with Gasteiger partial charge in [-0.05, 0) is 12.1 Å². The van der Waals surface area contributed by atoms with Gasteiger partial charge in [-0.2, -0.15) is 5.10 Å². The van der Waals surface area contributed by atoms with Gasteiger partial charge in [0.15, 0.2) is 0 Å². The van der Waals surface area contributed by atoms with Crippen LogP contribution in [0.3, 0.4) is 0 Å². The zero-order valence-corrected chi connectivity index (χ0v) is 14.0. The maximum atomic E-state index is 12.3. The van der Waals surface area contributed by atoms with Crippen molar-refractivity contribution in [2.24, 2.45) is 0 Å². The smallest absolute Gasteiger partial charge is 0.246 e. The number of benzene rings is 1. The largest absolute Gasteiger partial charge is 0.497 e. The average Bonchev–Trinajstić information content (AvgIpc) is 3.25. The quantitative estimate of drug-likeness (QED) is 0.744. The first-order valence-corrected chi connectivity index (χ1v) is 8.02. The maximum absolute atomic E-state index is 12.3. The van der Waals surface area contributed by atoms with Crippen LogP contribution >= 0.6 is 11.3 Å². The highest BCUT2D eigenvalue weighted by Crippen LogP contribution is 2.29. The zero-order chi connectivity index (χ0) is 16.9. The summed E-state index contributed by atoms with van der Waals surface area (Å²) in [5.74, 6) is 0.986. The molecule has 0 spiro atoms. The Hall–Kier alpha value is -2.87. The molecule has 0 aliphatic carbocycles. The molecule has 1 N–H and O–H groups in total. The first kappa shape index (κ1) is 16.0. The molecule has 3 rings (SSSR count). The van der Waals surface area contributed by atoms with Gasteiger partial charge in [0.05, 0.1) is 26.1 Å². The number of rotatable bonds is 6. The molecule has 8 heteroatoms. The fraction of sp³-hybridized carbons (Fsp3) is 0.188. The molecule has 124 valence electrons. The Morgan fingerprint density at radius 1 is 1.33 bits per heavy atom. The number of anilines is 1. The number of amides is 1. The predicted octanol–water partition coefficient (Wildman–Crippen LogP) is 2.66. The Balaban J connectivity index is 1.70. The van der Waals surface area contributed by atoms with Crippen LogP contribution in [-0.2, 0) is 11.3 Å². The number of hydrogen-bond acceptors (Lipinski definition) is 6. The number of aromatic nitrogens is 3. The van der Waals surface area contributed by atoms with Crippen LogP contribution in [0, 0.1) is 0 Å². The molecule has 0 radical (unpaired) electrons. The van der Waals surface area contributed by atoms with Crippen molar-refractivity contribution in [1.29, 1.82) is 0 Å². The molecule has 2 heterocycles. The van der Waals surface area contributed by atoms with Gasteiger partial charge in [-0.25, -0.2) is 4.98 Å². The van der Waals surface area contributed by atoms with Crippen LogP contribution in [-0.4, -0.2) is 34.9 Å². The van der Waals surface area contributed by atoms with Crippen molar-refractivity contribution in [3.63, 3.8) is 0 Å². The van der Waals surface area contributed by atoms with E-state index in [0.717, 1.165) is 10.6 Å². The molecule has 0 saturated carbocycles. The van der Waals surface area contributed by atoms with Crippen LogP contribution in [0.4, 0.5) is 5.69 Å². The summed E-state index contributed by atoms with van der Waals surface area (Å²) < 4.78 is 12.0. The molecule has 1 amide bonds. The van der Waals surface area contributed by atoms with Crippen molar-refractivity contribution in [3.05, 3.63) is 42.2 Å². The zero-order valence-electron chi connectivity index (χ0n) is 13.2. The Bertz CT molecular complexity index is 830. The summed E-state index contributed by atoms with van der Waals surface area (Å²) in [5, 5.41) is 9.78. The minimum atomic E-state index is -0.213. The van der Waals surface area contributed by atoms with Crippen molar-refractivity contribution in [3.8, 4) is 22.1 Å². The van der Waals surface area contributed by atoms with E-state index < -0.39 is 0 Å². The number of methoxy groups -OCH3 is 2. The van der Waals surface area contributed by atoms with Crippen LogP contribution in [0.15, 0.2) is 42.2 Å². The van der Waals surface area contributed by atoms with Gasteiger partial charge < -0.3 is 14.8 Å². The lowest BCUT2D eigenvalue weighted by Crippen LogP contribution is -2.19. The highest BCUT2D eigenvalue weighted by Gasteiger charge is 2.11. The van der Waals surface area contributed by atoms with Gasteiger partial charge in [0, 0.05) is 29.4 Å². The van der Waals surface area contributed by atoms with E-state index in [4.69, 9.17) is 9.47 Å². The molecule has 24 heavy (non-hydrogen) atoms. The van der Waals surface area contributed by atoms with Crippen LogP contribution in [0.1, 0.15) is 0 Å². The Kier molecular flexibility index (Phi) is 4.76. The third-order valence-electron chi connectivity index (χ3n) is 3.30. The molecular formula is C16H16N4O3S. The van der Waals surface area contributed by atoms with Gasteiger partial charge in [0.1, 0.15) is 23.1 Å². The predicted molar refractivity (Wildman–Crippen MR) is 91.5 cm³/mol. The summed E-state index contributed by atoms with van der Waals surface area (Å²) in [5.41, 5.74) is 1.44. The van der Waals surface area contributed by atoms with Crippen molar-refractivity contribution in [2.75, 3.05) is 19.5 Å². The second kappa shape index (κ2) is 7.14. The number of nitrogens with zero attached hydrogens (tertiary/aromatic N) is 3. The van der Waals surface area contributed by atoms with Gasteiger partial charge in [-0.3, -0.25) is 9.48 Å². The molecular weight excluding hydrogens is 328 g/mol. The van der Waals surface area contributed by atoms with Crippen molar-refractivity contribution >= 4 is 22.9 Å². The average molecular weight is 344 g/mol. The highest BCUT2D eigenvalue weighted by molar-refractivity contribution is 7.13. The first-order valence-electron chi connectivity index (χ1n) is 7.14. The summed E-state index contributed by atoms with van der Waals surface area (Å²) in [6, 6.07) is 5.21. The van der Waals surface area contributed by atoms with Gasteiger partial charge in [-0.1, -0.05) is 0 Å². The molecule has 7 nitrogen and oxygen atoms in total. The van der Waals surface area contributed by atoms with E-state index in [2.05, 4.69) is 15.4 Å². The number of nitrogens with one attached hydrogen (secondary N) is 1. The summed E-state index contributed by atoms with van der Waals surface area (Å²) in [4.78, 5) is 16.5. The Morgan fingerprint density at radius 2 is 2.21 bits per heavy atom. The molecule has 3 aromatic rings. The van der Waals surface area contributed by atoms with Gasteiger partial charge >= 0.3 is 0 Å². The highest BCUT2D eigenvalue weighted by atomic mass is 32.1. The van der Waals surface area contributed by atoms with Crippen LogP contribution in [0.2, 0.25) is 0 Å². The molecule has 0 unspecified atom stereocenters. The third kappa shape index (κ3) is 3.54. The number of hydrogen-bond donors (Lipinski definition) is 1. The monoisotopic (exact) mass is 344 g/mol. The molecule has 0 aliphatic rings. The maximum Gasteiger partial charge on any atom is 0.246 e. The van der Waals surface area contributed by atoms with E-state index in [1.807, 2.05) is 5.38 Å². The fourth-order valence-corrected chi connectivity index (χ4v) is 2.79. The van der Waals surface area contributed by atoms with E-state index >= 15 is 0 Å². The second-order valence-corrected chi connectivity index (χ2v) is 5.77. The second-order valence-electron chi connectivity index (χ2n) is 4.88. The SMILES string of the molecule is COc1ccc(OC)c(NC(=O)Cn2cc(-c3nccs3)cn2)c1. The lowest BCUT2D eigenvalue weighted by Gasteiger charge is -2.11. The van der Waals surface area contributed by atoms with Crippen molar-refractivity contribution in [1.82, 2.24) is 14.8 Å². The molecule has 0 aliphatic heterocycles. The summed E-state index contributed by atoms with van der Waals surface area (Å²) in [7, 11) is 3.11. The summed E-state index contributed by atoms with van der Waals surface area (Å²) in [6.45, 7) is 0.0890. The lowest BCUT2D eigenvalue weighted by molar-refractivity contribution is -0.116. The normalized spacial score (nSPS) is 10.4. The standard InChI is InChI=1S/C16H16N4O3S/c1-22-12-3-4-14(23-2)13(7-12)19-15(21)10-20-9-11(8-18-20)16-17-5-6-24-16/h3-9H,10H2,1-2H3,(H,19,21). The molecule has 2 aromatic heterocycles. The van der Waals surface area contributed by atoms with Gasteiger partial charge in [-0.15, -0.1) is 11.3 Å². The van der Waals surface area contributed by atoms with Crippen molar-refractivity contribution in [2.45, 2.75) is 6.54 Å². The minimum absolute atomic E-state index is 0.0890. The van der Waals surface area contributed by atoms with Gasteiger partial charge in [0.25, 0.3) is 0 Å². The topological polar surface area (TPSA) is 78.3 Å². The number of carbonyl (C=O) groups is 1. The van der Waals surface area contributed by atoms with Crippen LogP contribution < -0.4 is 14.8 Å². The first-order chi connectivity index (χ1) is 11.7. The van der Waals surface area contributed by atoms with E-state index in [-0.39, 0.29) is 12.5 Å². The number of thiazole rings is 1. The fourth-order valence-electron chi connectivity index (χ4n) is 2.18. The molecule has 0 fully saturated rings. The molecule has 1 aromatic carbocycles. The molecule has 0 bridgehead atoms. The Morgan fingerprint density at radius 3 is 2.92 bits per heavy atom. The van der Waals surface area contributed by atoms with Crippen LogP contribution in [0.5, 0.6) is 11.5 Å². The molecule has 0 atom stereocenters. The molecule has 0 saturated heterocycles. The van der Waals surface area contributed by atoms with Crippen LogP contribution in [0.25, 0.3) is 10.6 Å². The number of ether oxygens (including phenoxy) is 2. The Labute approximate surface area is 142 Å². The lowest BCUT2D eigenvalue weighted by atomic mass is 10.2. The summed E-state index contributed by atoms with van der Waals surface area (Å²) >= 11 is 1.52. The summed E-state index contributed by atoms with van der Waals surface area (Å²) in [6.07, 6.45) is 5.22. The van der Waals surface area contributed by atoms with E-state index in [1.54, 1.807) is 55.7 Å². The third-order valence-corrected chi connectivity index (χ3v) is 4.12. The number of carbonyl (C=O) groups excluding carboxylic acids is 1.